The van der Waals surface area contributed by atoms with Gasteiger partial charge in [-0.2, -0.15) is 0 Å². The van der Waals surface area contributed by atoms with E-state index in [9.17, 15) is 19.2 Å². The molecule has 4 atom stereocenters. The lowest BCUT2D eigenvalue weighted by atomic mass is 10.0. The zero-order chi connectivity index (χ0) is 21.8. The summed E-state index contributed by atoms with van der Waals surface area (Å²) in [6.45, 7) is 1.81. The van der Waals surface area contributed by atoms with Gasteiger partial charge in [0.05, 0.1) is 24.4 Å². The summed E-state index contributed by atoms with van der Waals surface area (Å²) < 4.78 is 18.2. The molecule has 0 aliphatic carbocycles. The number of ether oxygens (including phenoxy) is 3. The van der Waals surface area contributed by atoms with Gasteiger partial charge in [-0.25, -0.2) is 0 Å². The maximum atomic E-state index is 11.9. The van der Waals surface area contributed by atoms with Gasteiger partial charge in [0.2, 0.25) is 0 Å². The average molecular weight is 432 g/mol. The highest BCUT2D eigenvalue weighted by molar-refractivity contribution is 6.13. The Hall–Kier alpha value is -2.36. The SMILES string of the molecule is O=C1C=CC(=O)N1CCC(OC(CCN1C(=O)C=CC1=O)C1CCCO1)C1CCCO1. The van der Waals surface area contributed by atoms with E-state index in [1.807, 2.05) is 0 Å². The summed E-state index contributed by atoms with van der Waals surface area (Å²) in [5.41, 5.74) is 0. The lowest BCUT2D eigenvalue weighted by Crippen LogP contribution is -2.43. The molecule has 0 aromatic heterocycles. The van der Waals surface area contributed by atoms with Gasteiger partial charge in [0.1, 0.15) is 0 Å². The Morgan fingerprint density at radius 2 is 1.13 bits per heavy atom. The summed E-state index contributed by atoms with van der Waals surface area (Å²) in [6.07, 6.45) is 8.68. The van der Waals surface area contributed by atoms with Crippen LogP contribution in [0.1, 0.15) is 38.5 Å². The summed E-state index contributed by atoms with van der Waals surface area (Å²) >= 11 is 0. The van der Waals surface area contributed by atoms with Crippen molar-refractivity contribution in [3.05, 3.63) is 24.3 Å². The molecule has 4 amide bonds. The fourth-order valence-electron chi connectivity index (χ4n) is 4.51. The second-order valence-corrected chi connectivity index (χ2v) is 8.22. The van der Waals surface area contributed by atoms with Crippen molar-refractivity contribution in [2.75, 3.05) is 26.3 Å². The van der Waals surface area contributed by atoms with Gasteiger partial charge in [0.15, 0.2) is 0 Å². The zero-order valence-corrected chi connectivity index (χ0v) is 17.4. The van der Waals surface area contributed by atoms with Crippen LogP contribution in [0.2, 0.25) is 0 Å². The number of rotatable bonds is 10. The zero-order valence-electron chi connectivity index (χ0n) is 17.4. The van der Waals surface area contributed by atoms with Crippen molar-refractivity contribution in [2.24, 2.45) is 0 Å². The number of imide groups is 2. The van der Waals surface area contributed by atoms with Crippen LogP contribution in [-0.4, -0.2) is 84.1 Å². The number of amides is 4. The van der Waals surface area contributed by atoms with E-state index in [0.717, 1.165) is 25.7 Å². The van der Waals surface area contributed by atoms with Crippen LogP contribution < -0.4 is 0 Å². The molecular weight excluding hydrogens is 404 g/mol. The molecule has 4 unspecified atom stereocenters. The van der Waals surface area contributed by atoms with E-state index >= 15 is 0 Å². The van der Waals surface area contributed by atoms with Crippen molar-refractivity contribution in [1.29, 1.82) is 0 Å². The molecule has 4 rings (SSSR count). The van der Waals surface area contributed by atoms with Crippen LogP contribution in [0.5, 0.6) is 0 Å². The van der Waals surface area contributed by atoms with Crippen LogP contribution in [0, 0.1) is 0 Å². The molecule has 4 aliphatic heterocycles. The first-order valence-corrected chi connectivity index (χ1v) is 11.0. The summed E-state index contributed by atoms with van der Waals surface area (Å²) in [5.74, 6) is -1.26. The molecule has 0 spiro atoms. The van der Waals surface area contributed by atoms with Crippen molar-refractivity contribution >= 4 is 23.6 Å². The molecule has 0 radical (unpaired) electrons. The fourth-order valence-corrected chi connectivity index (χ4v) is 4.51. The molecule has 2 fully saturated rings. The second-order valence-electron chi connectivity index (χ2n) is 8.22. The predicted molar refractivity (Wildman–Crippen MR) is 108 cm³/mol. The number of hydrogen-bond acceptors (Lipinski definition) is 7. The maximum absolute atomic E-state index is 11.9. The van der Waals surface area contributed by atoms with E-state index in [1.165, 1.54) is 34.1 Å². The number of nitrogens with zero attached hydrogens (tertiary/aromatic N) is 2. The molecule has 31 heavy (non-hydrogen) atoms. The van der Waals surface area contributed by atoms with Crippen LogP contribution in [0.4, 0.5) is 0 Å². The standard InChI is InChI=1S/C22H28N2O7/c25-19-5-6-20(26)23(19)11-9-17(15-3-1-13-29-15)31-18(16-4-2-14-30-16)10-12-24-21(27)7-8-22(24)28/h5-8,15-18H,1-4,9-14H2. The van der Waals surface area contributed by atoms with Crippen molar-refractivity contribution < 1.29 is 33.4 Å². The molecule has 0 aromatic carbocycles. The highest BCUT2D eigenvalue weighted by Crippen LogP contribution is 2.27. The summed E-state index contributed by atoms with van der Waals surface area (Å²) in [6, 6.07) is 0. The van der Waals surface area contributed by atoms with E-state index in [4.69, 9.17) is 14.2 Å². The lowest BCUT2D eigenvalue weighted by molar-refractivity contribution is -0.144. The van der Waals surface area contributed by atoms with Crippen molar-refractivity contribution in [3.63, 3.8) is 0 Å². The van der Waals surface area contributed by atoms with E-state index in [-0.39, 0.29) is 61.1 Å². The average Bonchev–Trinajstić information content (AvgIpc) is 3.55. The molecular formula is C22H28N2O7. The second kappa shape index (κ2) is 9.84. The van der Waals surface area contributed by atoms with Crippen LogP contribution in [0.25, 0.3) is 0 Å². The first-order valence-electron chi connectivity index (χ1n) is 11.0. The van der Waals surface area contributed by atoms with E-state index in [2.05, 4.69) is 0 Å². The van der Waals surface area contributed by atoms with E-state index in [1.54, 1.807) is 0 Å². The molecule has 2 saturated heterocycles. The van der Waals surface area contributed by atoms with Gasteiger partial charge < -0.3 is 14.2 Å². The molecule has 0 aromatic rings. The van der Waals surface area contributed by atoms with Gasteiger partial charge in [-0.15, -0.1) is 0 Å². The van der Waals surface area contributed by atoms with Crippen molar-refractivity contribution in [1.82, 2.24) is 9.80 Å². The largest absolute Gasteiger partial charge is 0.376 e. The number of hydrogen-bond donors (Lipinski definition) is 0. The first-order chi connectivity index (χ1) is 15.0. The summed E-state index contributed by atoms with van der Waals surface area (Å²) in [4.78, 5) is 50.1. The van der Waals surface area contributed by atoms with Crippen LogP contribution in [-0.2, 0) is 33.4 Å². The highest BCUT2D eigenvalue weighted by atomic mass is 16.6. The van der Waals surface area contributed by atoms with E-state index in [0.29, 0.717) is 26.1 Å². The summed E-state index contributed by atoms with van der Waals surface area (Å²) in [5, 5.41) is 0. The minimum Gasteiger partial charge on any atom is -0.376 e. The molecule has 9 heteroatoms. The van der Waals surface area contributed by atoms with Gasteiger partial charge >= 0.3 is 0 Å². The fraction of sp³-hybridized carbons (Fsp3) is 0.636. The van der Waals surface area contributed by atoms with Crippen LogP contribution >= 0.6 is 0 Å². The Kier molecular flexibility index (Phi) is 6.94. The Labute approximate surface area is 181 Å². The Balaban J connectivity index is 1.41. The normalized spacial score (nSPS) is 27.9. The quantitative estimate of drug-likeness (QED) is 0.469. The monoisotopic (exact) mass is 432 g/mol. The number of carbonyl (C=O) groups is 4. The molecule has 0 bridgehead atoms. The van der Waals surface area contributed by atoms with Gasteiger partial charge in [0.25, 0.3) is 23.6 Å². The van der Waals surface area contributed by atoms with Crippen molar-refractivity contribution in [2.45, 2.75) is 62.9 Å². The number of carbonyl (C=O) groups excluding carboxylic acids is 4. The maximum Gasteiger partial charge on any atom is 0.253 e. The molecule has 9 nitrogen and oxygen atoms in total. The molecule has 4 aliphatic rings. The third-order valence-corrected chi connectivity index (χ3v) is 6.18. The van der Waals surface area contributed by atoms with Gasteiger partial charge in [-0.3, -0.25) is 29.0 Å². The first kappa shape index (κ1) is 21.9. The van der Waals surface area contributed by atoms with Gasteiger partial charge in [0, 0.05) is 50.6 Å². The lowest BCUT2D eigenvalue weighted by Gasteiger charge is -2.32. The molecule has 168 valence electrons. The third-order valence-electron chi connectivity index (χ3n) is 6.18. The molecule has 0 saturated carbocycles. The minimum absolute atomic E-state index is 0.124. The van der Waals surface area contributed by atoms with Crippen LogP contribution in [0.15, 0.2) is 24.3 Å². The van der Waals surface area contributed by atoms with Gasteiger partial charge in [-0.05, 0) is 38.5 Å². The van der Waals surface area contributed by atoms with Crippen LogP contribution in [0.3, 0.4) is 0 Å². The molecule has 0 N–H and O–H groups in total. The summed E-state index contributed by atoms with van der Waals surface area (Å²) in [7, 11) is 0. The Morgan fingerprint density at radius 3 is 1.45 bits per heavy atom. The smallest absolute Gasteiger partial charge is 0.253 e. The van der Waals surface area contributed by atoms with E-state index < -0.39 is 0 Å². The minimum atomic E-state index is -0.319. The molecule has 4 heterocycles. The highest BCUT2D eigenvalue weighted by Gasteiger charge is 2.36. The van der Waals surface area contributed by atoms with Crippen molar-refractivity contribution in [3.8, 4) is 0 Å². The third kappa shape index (κ3) is 5.11. The Bertz CT molecular complexity index is 681. The van der Waals surface area contributed by atoms with Gasteiger partial charge in [-0.1, -0.05) is 0 Å². The topological polar surface area (TPSA) is 102 Å². The predicted octanol–water partition coefficient (Wildman–Crippen LogP) is 0.728. The Morgan fingerprint density at radius 1 is 0.742 bits per heavy atom.